The summed E-state index contributed by atoms with van der Waals surface area (Å²) in [6.45, 7) is 4.54. The fourth-order valence-electron chi connectivity index (χ4n) is 2.40. The van der Waals surface area contributed by atoms with E-state index in [1.165, 1.54) is 0 Å². The second kappa shape index (κ2) is 7.61. The molecule has 0 saturated carbocycles. The Kier molecular flexibility index (Phi) is 5.54. The predicted octanol–water partition coefficient (Wildman–Crippen LogP) is 0.357. The summed E-state index contributed by atoms with van der Waals surface area (Å²) >= 11 is 0. The van der Waals surface area contributed by atoms with Crippen LogP contribution < -0.4 is 20.5 Å². The third kappa shape index (κ3) is 4.18. The van der Waals surface area contributed by atoms with E-state index in [4.69, 9.17) is 0 Å². The van der Waals surface area contributed by atoms with Crippen LogP contribution in [0.3, 0.4) is 0 Å². The molecule has 6 nitrogen and oxygen atoms in total. The molecule has 114 valence electrons. The Morgan fingerprint density at radius 3 is 2.76 bits per heavy atom. The molecule has 0 aliphatic carbocycles. The monoisotopic (exact) mass is 291 g/mol. The van der Waals surface area contributed by atoms with Gasteiger partial charge in [-0.2, -0.15) is 0 Å². The van der Waals surface area contributed by atoms with E-state index in [-0.39, 0.29) is 18.4 Å². The fourth-order valence-corrected chi connectivity index (χ4v) is 2.40. The minimum absolute atomic E-state index is 0.00711. The minimum Gasteiger partial charge on any atom is -0.355 e. The van der Waals surface area contributed by atoms with Crippen molar-refractivity contribution in [1.82, 2.24) is 10.6 Å². The van der Waals surface area contributed by atoms with E-state index >= 15 is 0 Å². The van der Waals surface area contributed by atoms with Crippen molar-refractivity contribution in [3.63, 3.8) is 0 Å². The van der Waals surface area contributed by atoms with E-state index in [0.29, 0.717) is 12.1 Å². The van der Waals surface area contributed by atoms with Crippen LogP contribution in [0.5, 0.6) is 0 Å². The molecule has 1 aromatic rings. The third-order valence-electron chi connectivity index (χ3n) is 3.48. The predicted molar refractivity (Wildman–Crippen MR) is 80.1 cm³/mol. The van der Waals surface area contributed by atoms with Gasteiger partial charge in [-0.3, -0.25) is 14.5 Å². The van der Waals surface area contributed by atoms with Gasteiger partial charge in [0, 0.05) is 6.54 Å². The van der Waals surface area contributed by atoms with Gasteiger partial charge in [-0.25, -0.2) is 4.98 Å². The van der Waals surface area contributed by atoms with Crippen LogP contribution in [0.25, 0.3) is 0 Å². The number of carbonyl (C=O) groups is 2. The average Bonchev–Trinajstić information content (AvgIpc) is 3.04. The number of hydrogen-bond donors (Lipinski definition) is 2. The van der Waals surface area contributed by atoms with E-state index in [2.05, 4.69) is 20.5 Å². The standard InChI is InChI=1S/C15H22N4O2/c1-2-7-16-13(20)11-18-15(21)12-6-5-8-17-14(12)19-9-3-4-10-19/h5-6,8H,2-4,7,9-11H2,1H3,(H,16,20)(H,18,21)/p+1. The summed E-state index contributed by atoms with van der Waals surface area (Å²) < 4.78 is 0. The fraction of sp³-hybridized carbons (Fsp3) is 0.533. The van der Waals surface area contributed by atoms with Gasteiger partial charge >= 0.3 is 0 Å². The van der Waals surface area contributed by atoms with Crippen molar-refractivity contribution in [2.45, 2.75) is 26.2 Å². The van der Waals surface area contributed by atoms with Crippen molar-refractivity contribution in [3.05, 3.63) is 23.9 Å². The van der Waals surface area contributed by atoms with E-state index in [0.717, 1.165) is 38.2 Å². The number of nitrogens with one attached hydrogen (secondary N) is 3. The molecule has 1 aromatic heterocycles. The second-order valence-corrected chi connectivity index (χ2v) is 5.16. The Labute approximate surface area is 124 Å². The van der Waals surface area contributed by atoms with Crippen LogP contribution in [0.1, 0.15) is 36.5 Å². The number of amides is 2. The second-order valence-electron chi connectivity index (χ2n) is 5.16. The molecule has 0 aromatic carbocycles. The van der Waals surface area contributed by atoms with Crippen molar-refractivity contribution in [2.24, 2.45) is 0 Å². The maximum Gasteiger partial charge on any atom is 0.287 e. The first-order valence-corrected chi connectivity index (χ1v) is 7.53. The zero-order chi connectivity index (χ0) is 15.1. The smallest absolute Gasteiger partial charge is 0.287 e. The van der Waals surface area contributed by atoms with E-state index in [1.54, 1.807) is 12.1 Å². The van der Waals surface area contributed by atoms with Crippen molar-refractivity contribution >= 4 is 17.6 Å². The lowest BCUT2D eigenvalue weighted by molar-refractivity contribution is -0.364. The minimum atomic E-state index is -0.222. The molecule has 2 heterocycles. The molecule has 21 heavy (non-hydrogen) atoms. The lowest BCUT2D eigenvalue weighted by Gasteiger charge is -2.12. The molecule has 3 N–H and O–H groups in total. The van der Waals surface area contributed by atoms with Crippen LogP contribution in [0.2, 0.25) is 0 Å². The molecule has 1 saturated heterocycles. The van der Waals surface area contributed by atoms with Gasteiger partial charge < -0.3 is 10.6 Å². The Morgan fingerprint density at radius 1 is 1.29 bits per heavy atom. The van der Waals surface area contributed by atoms with Crippen molar-refractivity contribution in [3.8, 4) is 0 Å². The summed E-state index contributed by atoms with van der Waals surface area (Å²) in [5.41, 5.74) is 0.586. The molecule has 0 unspecified atom stereocenters. The van der Waals surface area contributed by atoms with Gasteiger partial charge in [0.25, 0.3) is 11.7 Å². The third-order valence-corrected chi connectivity index (χ3v) is 3.48. The summed E-state index contributed by atoms with van der Waals surface area (Å²) in [5.74, 6) is 0.453. The number of carbonyl (C=O) groups excluding carboxylic acids is 2. The van der Waals surface area contributed by atoms with Crippen LogP contribution in [0.15, 0.2) is 18.3 Å². The summed E-state index contributed by atoms with van der Waals surface area (Å²) in [5, 5.41) is 5.41. The number of H-pyrrole nitrogens is 1. The lowest BCUT2D eigenvalue weighted by Crippen LogP contribution is -2.38. The highest BCUT2D eigenvalue weighted by Gasteiger charge is 2.26. The quantitative estimate of drug-likeness (QED) is 0.794. The van der Waals surface area contributed by atoms with Crippen LogP contribution in [0, 0.1) is 0 Å². The van der Waals surface area contributed by atoms with E-state index < -0.39 is 0 Å². The highest BCUT2D eigenvalue weighted by molar-refractivity contribution is 5.99. The van der Waals surface area contributed by atoms with Gasteiger partial charge in [0.1, 0.15) is 5.56 Å². The average molecular weight is 291 g/mol. The molecule has 2 amide bonds. The van der Waals surface area contributed by atoms with Gasteiger partial charge in [-0.05, 0) is 31.4 Å². The number of aromatic nitrogens is 1. The molecule has 6 heteroatoms. The van der Waals surface area contributed by atoms with Gasteiger partial charge in [-0.1, -0.05) is 6.92 Å². The van der Waals surface area contributed by atoms with Crippen LogP contribution in [-0.2, 0) is 4.79 Å². The van der Waals surface area contributed by atoms with E-state index in [9.17, 15) is 9.59 Å². The first kappa shape index (κ1) is 15.3. The molecule has 1 aliphatic heterocycles. The van der Waals surface area contributed by atoms with Crippen LogP contribution in [-0.4, -0.2) is 38.0 Å². The molecule has 1 aliphatic rings. The summed E-state index contributed by atoms with van der Waals surface area (Å²) in [7, 11) is 0. The normalized spacial score (nSPS) is 14.0. The van der Waals surface area contributed by atoms with Crippen LogP contribution >= 0.6 is 0 Å². The summed E-state index contributed by atoms with van der Waals surface area (Å²) in [6.07, 6.45) is 4.98. The Balaban J connectivity index is 1.97. The zero-order valence-corrected chi connectivity index (χ0v) is 12.4. The Bertz CT molecular complexity index is 498. The number of anilines is 1. The maximum absolute atomic E-state index is 12.3. The molecule has 0 spiro atoms. The highest BCUT2D eigenvalue weighted by Crippen LogP contribution is 2.19. The molecule has 2 rings (SSSR count). The summed E-state index contributed by atoms with van der Waals surface area (Å²) in [6, 6.07) is 3.58. The number of rotatable bonds is 6. The van der Waals surface area contributed by atoms with Gasteiger partial charge in [0.15, 0.2) is 0 Å². The number of nitrogens with zero attached hydrogens (tertiary/aromatic N) is 1. The largest absolute Gasteiger partial charge is 0.355 e. The Hall–Kier alpha value is -2.11. The zero-order valence-electron chi connectivity index (χ0n) is 12.4. The van der Waals surface area contributed by atoms with Gasteiger partial charge in [-0.15, -0.1) is 0 Å². The topological polar surface area (TPSA) is 75.6 Å². The number of aromatic amines is 1. The first-order chi connectivity index (χ1) is 10.2. The van der Waals surface area contributed by atoms with Crippen molar-refractivity contribution in [2.75, 3.05) is 31.1 Å². The van der Waals surface area contributed by atoms with Gasteiger partial charge in [0.2, 0.25) is 5.91 Å². The lowest BCUT2D eigenvalue weighted by atomic mass is 10.2. The molecule has 1 fully saturated rings. The van der Waals surface area contributed by atoms with Crippen molar-refractivity contribution in [1.29, 1.82) is 0 Å². The van der Waals surface area contributed by atoms with Crippen LogP contribution in [0.4, 0.5) is 5.82 Å². The molecular weight excluding hydrogens is 268 g/mol. The molecule has 0 bridgehead atoms. The van der Waals surface area contributed by atoms with E-state index in [1.807, 2.05) is 13.1 Å². The highest BCUT2D eigenvalue weighted by atomic mass is 16.2. The molecule has 0 radical (unpaired) electrons. The SMILES string of the molecule is CCCNC(=O)CNC(=O)c1ccc[nH+]c1N1CCCC1. The Morgan fingerprint density at radius 2 is 2.05 bits per heavy atom. The molecular formula is C15H23N4O2+. The van der Waals surface area contributed by atoms with Gasteiger partial charge in [0.05, 0.1) is 25.8 Å². The maximum atomic E-state index is 12.3. The first-order valence-electron chi connectivity index (χ1n) is 7.53. The molecule has 0 atom stereocenters. The number of hydrogen-bond acceptors (Lipinski definition) is 3. The number of pyridine rings is 1. The summed E-state index contributed by atoms with van der Waals surface area (Å²) in [4.78, 5) is 29.1. The van der Waals surface area contributed by atoms with Crippen molar-refractivity contribution < 1.29 is 14.6 Å².